The summed E-state index contributed by atoms with van der Waals surface area (Å²) in [4.78, 5) is 0. The number of ether oxygens (including phenoxy) is 1. The fourth-order valence-corrected chi connectivity index (χ4v) is 4.92. The largest absolute Gasteiger partial charge is 0.393 e. The third-order valence-corrected chi connectivity index (χ3v) is 7.39. The molecule has 0 spiro atoms. The molecule has 0 radical (unpaired) electrons. The van der Waals surface area contributed by atoms with Gasteiger partial charge in [-0.05, 0) is 81.0 Å². The zero-order valence-electron chi connectivity index (χ0n) is 17.5. The zero-order valence-corrected chi connectivity index (χ0v) is 17.5. The van der Waals surface area contributed by atoms with E-state index in [1.807, 2.05) is 0 Å². The van der Waals surface area contributed by atoms with E-state index in [-0.39, 0.29) is 6.10 Å². The van der Waals surface area contributed by atoms with Crippen LogP contribution in [0.5, 0.6) is 0 Å². The molecule has 8 atom stereocenters. The minimum Gasteiger partial charge on any atom is -0.393 e. The van der Waals surface area contributed by atoms with Gasteiger partial charge in [0.25, 0.3) is 0 Å². The van der Waals surface area contributed by atoms with Crippen LogP contribution in [0.25, 0.3) is 0 Å². The van der Waals surface area contributed by atoms with Crippen molar-refractivity contribution in [3.8, 4) is 0 Å². The second kappa shape index (κ2) is 10.3. The van der Waals surface area contributed by atoms with E-state index in [9.17, 15) is 5.11 Å². The van der Waals surface area contributed by atoms with Gasteiger partial charge >= 0.3 is 0 Å². The van der Waals surface area contributed by atoms with Crippen LogP contribution in [0, 0.1) is 29.6 Å². The predicted octanol–water partition coefficient (Wildman–Crippen LogP) is 6.21. The second-order valence-electron chi connectivity index (χ2n) is 9.84. The molecule has 0 amide bonds. The highest BCUT2D eigenvalue weighted by molar-refractivity contribution is 4.78. The number of hydrogen-bond donors (Lipinski definition) is 1. The fourth-order valence-electron chi connectivity index (χ4n) is 4.92. The first kappa shape index (κ1) is 21.2. The lowest BCUT2D eigenvalue weighted by atomic mass is 9.80. The zero-order chi connectivity index (χ0) is 18.4. The van der Waals surface area contributed by atoms with Crippen molar-refractivity contribution in [1.29, 1.82) is 0 Å². The number of aliphatic hydroxyl groups excluding tert-OH is 1. The van der Waals surface area contributed by atoms with Crippen molar-refractivity contribution >= 4 is 0 Å². The smallest absolute Gasteiger partial charge is 0.0581 e. The van der Waals surface area contributed by atoms with Crippen molar-refractivity contribution in [2.45, 2.75) is 117 Å². The molecule has 0 aliphatic heterocycles. The maximum Gasteiger partial charge on any atom is 0.0581 e. The summed E-state index contributed by atoms with van der Waals surface area (Å²) in [5.74, 6) is 4.21. The quantitative estimate of drug-likeness (QED) is 0.640. The van der Waals surface area contributed by atoms with E-state index in [4.69, 9.17) is 4.74 Å². The van der Waals surface area contributed by atoms with Crippen molar-refractivity contribution in [1.82, 2.24) is 0 Å². The van der Waals surface area contributed by atoms with E-state index in [0.717, 1.165) is 42.4 Å². The Morgan fingerprint density at radius 3 is 1.76 bits per heavy atom. The first-order valence-electron chi connectivity index (χ1n) is 11.2. The van der Waals surface area contributed by atoms with Gasteiger partial charge < -0.3 is 9.84 Å². The average molecular weight is 353 g/mol. The molecule has 0 bridgehead atoms. The van der Waals surface area contributed by atoms with Gasteiger partial charge in [-0.2, -0.15) is 0 Å². The van der Waals surface area contributed by atoms with Crippen molar-refractivity contribution in [3.05, 3.63) is 0 Å². The van der Waals surface area contributed by atoms with Crippen LogP contribution in [0.1, 0.15) is 98.8 Å². The lowest BCUT2D eigenvalue weighted by Crippen LogP contribution is -2.32. The number of aliphatic hydroxyl groups is 1. The van der Waals surface area contributed by atoms with Gasteiger partial charge in [0.05, 0.1) is 18.3 Å². The number of rotatable bonds is 2. The molecule has 0 aromatic rings. The van der Waals surface area contributed by atoms with Gasteiger partial charge in [0, 0.05) is 0 Å². The summed E-state index contributed by atoms with van der Waals surface area (Å²) in [7, 11) is 0. The van der Waals surface area contributed by atoms with Crippen molar-refractivity contribution < 1.29 is 9.84 Å². The van der Waals surface area contributed by atoms with E-state index in [1.54, 1.807) is 0 Å². The fraction of sp³-hybridized carbons (Fsp3) is 1.00. The Balaban J connectivity index is 0.000000212. The van der Waals surface area contributed by atoms with Gasteiger partial charge in [0.1, 0.15) is 0 Å². The molecule has 2 nitrogen and oxygen atoms in total. The van der Waals surface area contributed by atoms with Crippen LogP contribution in [0.2, 0.25) is 0 Å². The summed E-state index contributed by atoms with van der Waals surface area (Å²) in [5, 5.41) is 9.20. The highest BCUT2D eigenvalue weighted by Crippen LogP contribution is 2.34. The lowest BCUT2D eigenvalue weighted by Gasteiger charge is -2.36. The van der Waals surface area contributed by atoms with E-state index in [0.29, 0.717) is 12.2 Å². The van der Waals surface area contributed by atoms with Gasteiger partial charge in [-0.15, -0.1) is 0 Å². The maximum absolute atomic E-state index is 9.20. The molecule has 0 aromatic heterocycles. The molecule has 8 unspecified atom stereocenters. The van der Waals surface area contributed by atoms with Crippen molar-refractivity contribution in [2.24, 2.45) is 29.6 Å². The molecule has 0 aromatic carbocycles. The molecule has 2 heteroatoms. The molecule has 3 aliphatic carbocycles. The Kier molecular flexibility index (Phi) is 8.75. The Hall–Kier alpha value is -0.0800. The van der Waals surface area contributed by atoms with Crippen molar-refractivity contribution in [3.63, 3.8) is 0 Å². The summed E-state index contributed by atoms with van der Waals surface area (Å²) < 4.78 is 6.32. The van der Waals surface area contributed by atoms with Gasteiger partial charge in [-0.25, -0.2) is 0 Å². The van der Waals surface area contributed by atoms with E-state index in [2.05, 4.69) is 34.6 Å². The summed E-state index contributed by atoms with van der Waals surface area (Å²) in [6.45, 7) is 11.7. The van der Waals surface area contributed by atoms with Gasteiger partial charge in [0.15, 0.2) is 0 Å². The minimum atomic E-state index is -0.00352. The SMILES string of the molecule is CC1CCC(O)CC1C.CC1CCCC(OC2CCC(C)C(C)C2)C1. The molecular weight excluding hydrogens is 308 g/mol. The lowest BCUT2D eigenvalue weighted by molar-refractivity contribution is -0.0668. The first-order valence-corrected chi connectivity index (χ1v) is 11.2. The Morgan fingerprint density at radius 2 is 1.20 bits per heavy atom. The van der Waals surface area contributed by atoms with Gasteiger partial charge in [-0.3, -0.25) is 0 Å². The predicted molar refractivity (Wildman–Crippen MR) is 107 cm³/mol. The van der Waals surface area contributed by atoms with Crippen LogP contribution < -0.4 is 0 Å². The van der Waals surface area contributed by atoms with E-state index < -0.39 is 0 Å². The normalized spacial score (nSPS) is 45.4. The molecule has 25 heavy (non-hydrogen) atoms. The van der Waals surface area contributed by atoms with Gasteiger partial charge in [-0.1, -0.05) is 47.5 Å². The van der Waals surface area contributed by atoms with E-state index >= 15 is 0 Å². The first-order chi connectivity index (χ1) is 11.8. The third-order valence-electron chi connectivity index (χ3n) is 7.39. The van der Waals surface area contributed by atoms with Crippen LogP contribution in [-0.4, -0.2) is 23.4 Å². The summed E-state index contributed by atoms with van der Waals surface area (Å²) in [6.07, 6.45) is 13.8. The molecule has 148 valence electrons. The van der Waals surface area contributed by atoms with Crippen LogP contribution in [0.3, 0.4) is 0 Å². The Morgan fingerprint density at radius 1 is 0.600 bits per heavy atom. The van der Waals surface area contributed by atoms with E-state index in [1.165, 1.54) is 51.4 Å². The summed E-state index contributed by atoms with van der Waals surface area (Å²) in [6, 6.07) is 0. The average Bonchev–Trinajstić information content (AvgIpc) is 2.55. The minimum absolute atomic E-state index is 0.00352. The third kappa shape index (κ3) is 7.21. The maximum atomic E-state index is 9.20. The van der Waals surface area contributed by atoms with Crippen LogP contribution >= 0.6 is 0 Å². The van der Waals surface area contributed by atoms with Crippen LogP contribution in [-0.2, 0) is 4.74 Å². The molecule has 3 rings (SSSR count). The highest BCUT2D eigenvalue weighted by atomic mass is 16.5. The molecule has 3 aliphatic rings. The standard InChI is InChI=1S/C15H28O.C8H16O/c1-11-5-4-6-14(9-11)16-15-8-7-12(2)13(3)10-15;1-6-3-4-8(9)5-7(6)2/h11-15H,4-10H2,1-3H3;6-9H,3-5H2,1-2H3. The molecule has 0 saturated heterocycles. The number of hydrogen-bond acceptors (Lipinski definition) is 2. The summed E-state index contributed by atoms with van der Waals surface area (Å²) in [5.41, 5.74) is 0. The Bertz CT molecular complexity index is 369. The monoisotopic (exact) mass is 352 g/mol. The molecular formula is C23H44O2. The topological polar surface area (TPSA) is 29.5 Å². The highest BCUT2D eigenvalue weighted by Gasteiger charge is 2.28. The van der Waals surface area contributed by atoms with Crippen LogP contribution in [0.15, 0.2) is 0 Å². The van der Waals surface area contributed by atoms with Crippen molar-refractivity contribution in [2.75, 3.05) is 0 Å². The second-order valence-corrected chi connectivity index (χ2v) is 9.84. The molecule has 3 fully saturated rings. The molecule has 0 heterocycles. The summed E-state index contributed by atoms with van der Waals surface area (Å²) >= 11 is 0. The van der Waals surface area contributed by atoms with Gasteiger partial charge in [0.2, 0.25) is 0 Å². The molecule has 1 N–H and O–H groups in total. The van der Waals surface area contributed by atoms with Crippen LogP contribution in [0.4, 0.5) is 0 Å². The molecule has 3 saturated carbocycles. The Labute approximate surface area is 157 Å².